The minimum atomic E-state index is -0.310. The van der Waals surface area contributed by atoms with E-state index in [1.807, 2.05) is 24.3 Å². The fourth-order valence-electron chi connectivity index (χ4n) is 28.1. The molecule has 4 saturated carbocycles. The summed E-state index contributed by atoms with van der Waals surface area (Å²) in [5.74, 6) is -0.924. The van der Waals surface area contributed by atoms with Crippen molar-refractivity contribution in [2.75, 3.05) is 19.6 Å². The normalized spacial score (nSPS) is 25.3. The van der Waals surface area contributed by atoms with Gasteiger partial charge in [0.25, 0.3) is 0 Å². The highest BCUT2D eigenvalue weighted by Crippen LogP contribution is 2.69. The molecule has 622 valence electrons. The quantitative estimate of drug-likeness (QED) is 0.127. The van der Waals surface area contributed by atoms with Crippen molar-refractivity contribution in [1.29, 1.82) is 0 Å². The Morgan fingerprint density at radius 2 is 0.444 bits per heavy atom. The topological polar surface area (TPSA) is 13.0 Å². The van der Waals surface area contributed by atoms with Crippen molar-refractivity contribution < 1.29 is 17.6 Å². The second-order valence-electron chi connectivity index (χ2n) is 40.6. The molecule has 8 aliphatic rings. The molecule has 17 aromatic carbocycles. The van der Waals surface area contributed by atoms with Crippen molar-refractivity contribution >= 4 is 110 Å². The number of rotatable bonds is 10. The largest absolute Gasteiger partial charge is 0.334 e. The summed E-state index contributed by atoms with van der Waals surface area (Å²) >= 11 is 0. The Bertz CT molecular complexity index is 6670. The first-order valence-corrected chi connectivity index (χ1v) is 46.5. The van der Waals surface area contributed by atoms with Gasteiger partial charge in [-0.2, -0.15) is 0 Å². The standard InChI is InChI=1S/C118H102F4N4/c1-111-55-15-19-59-115(111,5)123(81-35-23-31-77(119)67-81)97-51-39-73(63-93(97)111)85-43-47-89-105-90(48-44-86(103(85)105)74-40-52-98-94(64-74)112(2)56-16-20-60-116(112,6)124(98)82-36-24-32-78(120)68-82)108-102(72-29-13-10-14-30-72)110-92-50-46-88(76-42-54-100-96(66-76)114(4)58-18-22-62-118(114,8)126(100)84-38-26-34-80(122)70-84)104-87(45-49-91(106(92)104)109(110)101(107(89)108)71-27-11-9-12-28-71)75-41-53-99-95(65-75)113(3)57-17-21-61-117(113,7)125(99)83-37-25-33-79(121)69-83/h9-14,23-54,63-70H,15-22,55-62H2,1-8H3. The number of nitrogens with zero attached hydrogens (tertiary/aromatic N) is 4. The zero-order valence-corrected chi connectivity index (χ0v) is 73.2. The van der Waals surface area contributed by atoms with Gasteiger partial charge in [-0.3, -0.25) is 0 Å². The Kier molecular flexibility index (Phi) is 16.1. The van der Waals surface area contributed by atoms with E-state index in [1.165, 1.54) is 98.0 Å². The summed E-state index contributed by atoms with van der Waals surface area (Å²) in [6, 6.07) is 101. The molecule has 4 fully saturated rings. The minimum absolute atomic E-state index is 0.231. The van der Waals surface area contributed by atoms with Crippen LogP contribution >= 0.6 is 0 Å². The number of hydrogen-bond acceptors (Lipinski definition) is 4. The van der Waals surface area contributed by atoms with E-state index < -0.39 is 0 Å². The molecule has 0 aromatic heterocycles. The summed E-state index contributed by atoms with van der Waals surface area (Å²) in [6.45, 7) is 19.7. The van der Waals surface area contributed by atoms with Crippen molar-refractivity contribution in [3.63, 3.8) is 0 Å². The molecule has 17 aromatic rings. The molecule has 0 saturated heterocycles. The van der Waals surface area contributed by atoms with E-state index in [0.717, 1.165) is 204 Å². The van der Waals surface area contributed by atoms with Crippen LogP contribution in [0.1, 0.15) is 180 Å². The molecule has 0 radical (unpaired) electrons. The minimum Gasteiger partial charge on any atom is -0.334 e. The number of halogens is 4. The summed E-state index contributed by atoms with van der Waals surface area (Å²) in [5, 5.41) is 14.5. The number of fused-ring (bicyclic) bond motifs is 18. The van der Waals surface area contributed by atoms with Crippen molar-refractivity contribution in [3.05, 3.63) is 325 Å². The lowest BCUT2D eigenvalue weighted by Gasteiger charge is -2.50. The summed E-state index contributed by atoms with van der Waals surface area (Å²) in [4.78, 5) is 9.95. The van der Waals surface area contributed by atoms with Crippen molar-refractivity contribution in [2.45, 2.75) is 202 Å². The van der Waals surface area contributed by atoms with Crippen LogP contribution in [0.25, 0.3) is 131 Å². The van der Waals surface area contributed by atoms with Crippen LogP contribution in [0.4, 0.5) is 63.1 Å². The monoisotopic (exact) mass is 1650 g/mol. The Hall–Kier alpha value is -12.3. The van der Waals surface area contributed by atoms with Gasteiger partial charge in [0.2, 0.25) is 0 Å². The van der Waals surface area contributed by atoms with Gasteiger partial charge in [-0.05, 0) is 354 Å². The predicted octanol–water partition coefficient (Wildman–Crippen LogP) is 33.0. The van der Waals surface area contributed by atoms with E-state index in [0.29, 0.717) is 0 Å². The molecule has 0 amide bonds. The molecule has 0 spiro atoms. The highest BCUT2D eigenvalue weighted by atomic mass is 19.1. The average molecular weight is 1650 g/mol. The van der Waals surface area contributed by atoms with Gasteiger partial charge in [-0.15, -0.1) is 0 Å². The van der Waals surface area contributed by atoms with Crippen LogP contribution in [-0.4, -0.2) is 22.2 Å². The average Bonchev–Trinajstić information content (AvgIpc) is 1.46. The maximum atomic E-state index is 15.7. The smallest absolute Gasteiger partial charge is 0.125 e. The van der Waals surface area contributed by atoms with Crippen LogP contribution in [0.2, 0.25) is 0 Å². The molecule has 0 N–H and O–H groups in total. The van der Waals surface area contributed by atoms with Crippen LogP contribution in [0.15, 0.2) is 279 Å². The molecule has 4 aliphatic heterocycles. The highest BCUT2D eigenvalue weighted by Gasteiger charge is 2.62. The Morgan fingerprint density at radius 3 is 0.683 bits per heavy atom. The van der Waals surface area contributed by atoms with E-state index in [4.69, 9.17) is 0 Å². The van der Waals surface area contributed by atoms with Crippen LogP contribution in [0.5, 0.6) is 0 Å². The van der Waals surface area contributed by atoms with E-state index in [2.05, 4.69) is 281 Å². The Balaban J connectivity index is 0.793. The van der Waals surface area contributed by atoms with Gasteiger partial charge in [0.1, 0.15) is 23.3 Å². The number of anilines is 8. The maximum absolute atomic E-state index is 15.7. The molecular formula is C118H102F4N4. The lowest BCUT2D eigenvalue weighted by Crippen LogP contribution is -2.54. The number of hydrogen-bond donors (Lipinski definition) is 0. The zero-order valence-electron chi connectivity index (χ0n) is 73.2. The van der Waals surface area contributed by atoms with E-state index in [-0.39, 0.29) is 67.1 Å². The van der Waals surface area contributed by atoms with E-state index in [9.17, 15) is 0 Å². The summed E-state index contributed by atoms with van der Waals surface area (Å²) < 4.78 is 62.9. The molecule has 0 bridgehead atoms. The van der Waals surface area contributed by atoms with Crippen LogP contribution < -0.4 is 19.6 Å². The highest BCUT2D eigenvalue weighted by molar-refractivity contribution is 6.48. The molecule has 8 unspecified atom stereocenters. The summed E-state index contributed by atoms with van der Waals surface area (Å²) in [7, 11) is 0. The van der Waals surface area contributed by atoms with Crippen LogP contribution in [0, 0.1) is 23.3 Å². The molecule has 8 atom stereocenters. The fourth-order valence-corrected chi connectivity index (χ4v) is 28.1. The van der Waals surface area contributed by atoms with Gasteiger partial charge in [-0.25, -0.2) is 17.6 Å². The van der Waals surface area contributed by atoms with Crippen molar-refractivity contribution in [1.82, 2.24) is 0 Å². The molecule has 126 heavy (non-hydrogen) atoms. The van der Waals surface area contributed by atoms with Crippen LogP contribution in [-0.2, 0) is 21.7 Å². The second-order valence-corrected chi connectivity index (χ2v) is 40.6. The van der Waals surface area contributed by atoms with Gasteiger partial charge in [-0.1, -0.05) is 237 Å². The van der Waals surface area contributed by atoms with Gasteiger partial charge >= 0.3 is 0 Å². The summed E-state index contributed by atoms with van der Waals surface area (Å²) in [5.41, 5.74) is 25.1. The second kappa shape index (κ2) is 26.7. The zero-order chi connectivity index (χ0) is 85.2. The van der Waals surface area contributed by atoms with Gasteiger partial charge in [0.15, 0.2) is 0 Å². The van der Waals surface area contributed by atoms with E-state index in [1.54, 1.807) is 48.5 Å². The van der Waals surface area contributed by atoms with Gasteiger partial charge < -0.3 is 19.6 Å². The fraction of sp³-hybridized carbons (Fsp3) is 0.271. The van der Waals surface area contributed by atoms with Crippen molar-refractivity contribution in [3.8, 4) is 66.8 Å². The molecule has 8 heteroatoms. The van der Waals surface area contributed by atoms with Crippen molar-refractivity contribution in [2.24, 2.45) is 0 Å². The third-order valence-corrected chi connectivity index (χ3v) is 35.0. The maximum Gasteiger partial charge on any atom is 0.125 e. The van der Waals surface area contributed by atoms with Gasteiger partial charge in [0.05, 0.1) is 22.2 Å². The third kappa shape index (κ3) is 9.92. The Labute approximate surface area is 735 Å². The number of benzene rings is 15. The predicted molar refractivity (Wildman–Crippen MR) is 518 cm³/mol. The lowest BCUT2D eigenvalue weighted by atomic mass is 9.61. The SMILES string of the molecule is CC12CCCCC1(C)N(c1cccc(F)c1)c1ccc(-c3ccc4c5c(-c6ccccc6)c6c7ccc(-c8ccc9c(c8)C8(C)CCCCC8(C)N9c8cccc(F)c8)c8c(-c9ccc%10c(c9)C9(C)CCCCC9(C)N%10c9cccc(F)c9)ccc(c6c(-c6ccccc6)c5c5ccc(-c6ccc9c(c6)C6(C)CCCCC6(C)N9c6cccc(F)c6)c3c45)c87)cc12. The lowest BCUT2D eigenvalue weighted by molar-refractivity contribution is 0.195. The molecular weight excluding hydrogens is 1550 g/mol. The first kappa shape index (κ1) is 76.2. The third-order valence-electron chi connectivity index (χ3n) is 35.0. The molecule has 4 heterocycles. The molecule has 4 aliphatic carbocycles. The summed E-state index contributed by atoms with van der Waals surface area (Å²) in [6.07, 6.45) is 16.9. The van der Waals surface area contributed by atoms with Gasteiger partial charge in [0, 0.05) is 67.2 Å². The van der Waals surface area contributed by atoms with Crippen LogP contribution in [0.3, 0.4) is 0 Å². The molecule has 25 rings (SSSR count). The Morgan fingerprint density at radius 1 is 0.206 bits per heavy atom. The first-order chi connectivity index (χ1) is 61.1. The first-order valence-electron chi connectivity index (χ1n) is 46.5. The van der Waals surface area contributed by atoms with E-state index >= 15 is 17.6 Å². The molecule has 4 nitrogen and oxygen atoms in total.